The molecule has 0 aliphatic heterocycles. The van der Waals surface area contributed by atoms with E-state index in [-0.39, 0.29) is 5.91 Å². The van der Waals surface area contributed by atoms with Crippen LogP contribution in [0.5, 0.6) is 5.75 Å². The SMILES string of the molecule is COc1ccccc1CCC(=O)Nc1n[nH]c(C)c1-c1ccc(C)cc1. The highest BCUT2D eigenvalue weighted by atomic mass is 16.5. The number of hydrogen-bond acceptors (Lipinski definition) is 3. The van der Waals surface area contributed by atoms with Crippen LogP contribution in [-0.2, 0) is 11.2 Å². The minimum Gasteiger partial charge on any atom is -0.496 e. The summed E-state index contributed by atoms with van der Waals surface area (Å²) in [6.45, 7) is 4.00. The van der Waals surface area contributed by atoms with Crippen LogP contribution in [-0.4, -0.2) is 23.2 Å². The molecule has 5 nitrogen and oxygen atoms in total. The van der Waals surface area contributed by atoms with Gasteiger partial charge in [0, 0.05) is 17.7 Å². The number of rotatable bonds is 6. The number of aromatic amines is 1. The predicted molar refractivity (Wildman–Crippen MR) is 103 cm³/mol. The average Bonchev–Trinajstić information content (AvgIpc) is 3.01. The number of benzene rings is 2. The first-order valence-electron chi connectivity index (χ1n) is 8.62. The van der Waals surface area contributed by atoms with E-state index in [9.17, 15) is 4.79 Å². The molecule has 0 spiro atoms. The van der Waals surface area contributed by atoms with Gasteiger partial charge < -0.3 is 10.1 Å². The van der Waals surface area contributed by atoms with E-state index in [0.717, 1.165) is 28.1 Å². The fourth-order valence-electron chi connectivity index (χ4n) is 2.95. The van der Waals surface area contributed by atoms with E-state index in [1.807, 2.05) is 50.2 Å². The Morgan fingerprint density at radius 1 is 1.12 bits per heavy atom. The van der Waals surface area contributed by atoms with Crippen molar-refractivity contribution >= 4 is 11.7 Å². The van der Waals surface area contributed by atoms with Gasteiger partial charge in [-0.25, -0.2) is 0 Å². The second-order valence-electron chi connectivity index (χ2n) is 6.30. The van der Waals surface area contributed by atoms with Gasteiger partial charge in [0.2, 0.25) is 5.91 Å². The Bertz CT molecular complexity index is 898. The molecule has 0 saturated carbocycles. The quantitative estimate of drug-likeness (QED) is 0.698. The van der Waals surface area contributed by atoms with Crippen LogP contribution in [0.2, 0.25) is 0 Å². The van der Waals surface area contributed by atoms with E-state index in [0.29, 0.717) is 18.7 Å². The van der Waals surface area contributed by atoms with E-state index < -0.39 is 0 Å². The molecule has 5 heteroatoms. The van der Waals surface area contributed by atoms with Gasteiger partial charge >= 0.3 is 0 Å². The number of anilines is 1. The van der Waals surface area contributed by atoms with Crippen LogP contribution in [0.25, 0.3) is 11.1 Å². The molecule has 0 aliphatic carbocycles. The summed E-state index contributed by atoms with van der Waals surface area (Å²) < 4.78 is 5.34. The fraction of sp³-hybridized carbons (Fsp3) is 0.238. The summed E-state index contributed by atoms with van der Waals surface area (Å²) in [4.78, 5) is 12.4. The number of aryl methyl sites for hydroxylation is 3. The van der Waals surface area contributed by atoms with Crippen molar-refractivity contribution in [1.82, 2.24) is 10.2 Å². The lowest BCUT2D eigenvalue weighted by atomic mass is 10.0. The molecule has 0 unspecified atom stereocenters. The number of ether oxygens (including phenoxy) is 1. The molecule has 0 fully saturated rings. The number of H-pyrrole nitrogens is 1. The van der Waals surface area contributed by atoms with Crippen molar-refractivity contribution in [2.45, 2.75) is 26.7 Å². The fourth-order valence-corrected chi connectivity index (χ4v) is 2.95. The smallest absolute Gasteiger partial charge is 0.225 e. The Balaban J connectivity index is 1.71. The van der Waals surface area contributed by atoms with E-state index >= 15 is 0 Å². The van der Waals surface area contributed by atoms with E-state index in [1.54, 1.807) is 7.11 Å². The highest BCUT2D eigenvalue weighted by Crippen LogP contribution is 2.29. The van der Waals surface area contributed by atoms with Crippen molar-refractivity contribution in [2.24, 2.45) is 0 Å². The minimum atomic E-state index is -0.0734. The number of hydrogen-bond donors (Lipinski definition) is 2. The van der Waals surface area contributed by atoms with Crippen molar-refractivity contribution in [3.05, 3.63) is 65.4 Å². The molecule has 2 N–H and O–H groups in total. The van der Waals surface area contributed by atoms with E-state index in [2.05, 4.69) is 27.6 Å². The number of carbonyl (C=O) groups is 1. The van der Waals surface area contributed by atoms with Gasteiger partial charge in [-0.3, -0.25) is 9.89 Å². The number of aromatic nitrogens is 2. The Labute approximate surface area is 153 Å². The molecule has 0 radical (unpaired) electrons. The summed E-state index contributed by atoms with van der Waals surface area (Å²) >= 11 is 0. The Morgan fingerprint density at radius 3 is 2.58 bits per heavy atom. The lowest BCUT2D eigenvalue weighted by Gasteiger charge is -2.09. The third kappa shape index (κ3) is 3.94. The number of carbonyl (C=O) groups excluding carboxylic acids is 1. The first-order valence-corrected chi connectivity index (χ1v) is 8.62. The second kappa shape index (κ2) is 7.87. The normalized spacial score (nSPS) is 10.6. The zero-order valence-corrected chi connectivity index (χ0v) is 15.3. The molecular formula is C21H23N3O2. The molecule has 0 saturated heterocycles. The largest absolute Gasteiger partial charge is 0.496 e. The zero-order valence-electron chi connectivity index (χ0n) is 15.3. The van der Waals surface area contributed by atoms with Crippen LogP contribution in [0.4, 0.5) is 5.82 Å². The number of amides is 1. The molecule has 1 aromatic heterocycles. The first kappa shape index (κ1) is 17.7. The number of nitrogens with zero attached hydrogens (tertiary/aromatic N) is 1. The number of para-hydroxylation sites is 1. The third-order valence-electron chi connectivity index (χ3n) is 4.36. The first-order chi connectivity index (χ1) is 12.6. The van der Waals surface area contributed by atoms with E-state index in [4.69, 9.17) is 4.74 Å². The molecule has 2 aromatic carbocycles. The summed E-state index contributed by atoms with van der Waals surface area (Å²) in [6.07, 6.45) is 0.971. The highest BCUT2D eigenvalue weighted by molar-refractivity contribution is 5.94. The standard InChI is InChI=1S/C21H23N3O2/c1-14-8-10-17(11-9-14)20-15(2)23-24-21(20)22-19(25)13-12-16-6-4-5-7-18(16)26-3/h4-11H,12-13H2,1-3H3,(H2,22,23,24,25). The molecule has 1 heterocycles. The molecule has 3 rings (SSSR count). The van der Waals surface area contributed by atoms with Gasteiger partial charge in [0.25, 0.3) is 0 Å². The lowest BCUT2D eigenvalue weighted by Crippen LogP contribution is -2.13. The van der Waals surface area contributed by atoms with Crippen molar-refractivity contribution in [3.8, 4) is 16.9 Å². The van der Waals surface area contributed by atoms with Crippen LogP contribution in [0.15, 0.2) is 48.5 Å². The van der Waals surface area contributed by atoms with Crippen LogP contribution in [0, 0.1) is 13.8 Å². The zero-order chi connectivity index (χ0) is 18.5. The van der Waals surface area contributed by atoms with Gasteiger partial charge in [0.05, 0.1) is 7.11 Å². The van der Waals surface area contributed by atoms with Crippen molar-refractivity contribution in [3.63, 3.8) is 0 Å². The molecule has 134 valence electrons. The van der Waals surface area contributed by atoms with Gasteiger partial charge in [-0.1, -0.05) is 48.0 Å². The summed E-state index contributed by atoms with van der Waals surface area (Å²) in [5, 5.41) is 10.2. The Hall–Kier alpha value is -3.08. The second-order valence-corrected chi connectivity index (χ2v) is 6.30. The van der Waals surface area contributed by atoms with Gasteiger partial charge in [-0.15, -0.1) is 0 Å². The average molecular weight is 349 g/mol. The summed E-state index contributed by atoms with van der Waals surface area (Å²) in [6, 6.07) is 15.9. The van der Waals surface area contributed by atoms with Crippen LogP contribution in [0.3, 0.4) is 0 Å². The number of methoxy groups -OCH3 is 1. The topological polar surface area (TPSA) is 67.0 Å². The Kier molecular flexibility index (Phi) is 5.37. The maximum absolute atomic E-state index is 12.4. The monoisotopic (exact) mass is 349 g/mol. The molecule has 0 aliphatic rings. The van der Waals surface area contributed by atoms with Gasteiger partial charge in [0.1, 0.15) is 5.75 Å². The summed E-state index contributed by atoms with van der Waals surface area (Å²) in [5.74, 6) is 1.29. The Morgan fingerprint density at radius 2 is 1.85 bits per heavy atom. The van der Waals surface area contributed by atoms with Gasteiger partial charge in [-0.05, 0) is 37.5 Å². The summed E-state index contributed by atoms with van der Waals surface area (Å²) in [7, 11) is 1.64. The van der Waals surface area contributed by atoms with Crippen molar-refractivity contribution < 1.29 is 9.53 Å². The lowest BCUT2D eigenvalue weighted by molar-refractivity contribution is -0.116. The highest BCUT2D eigenvalue weighted by Gasteiger charge is 2.15. The molecule has 0 bridgehead atoms. The van der Waals surface area contributed by atoms with E-state index in [1.165, 1.54) is 5.56 Å². The van der Waals surface area contributed by atoms with Gasteiger partial charge in [-0.2, -0.15) is 5.10 Å². The predicted octanol–water partition coefficient (Wildman–Crippen LogP) is 4.27. The molecule has 26 heavy (non-hydrogen) atoms. The van der Waals surface area contributed by atoms with Crippen LogP contribution >= 0.6 is 0 Å². The van der Waals surface area contributed by atoms with Crippen LogP contribution in [0.1, 0.15) is 23.2 Å². The van der Waals surface area contributed by atoms with Crippen molar-refractivity contribution in [1.29, 1.82) is 0 Å². The maximum Gasteiger partial charge on any atom is 0.225 e. The minimum absolute atomic E-state index is 0.0734. The molecule has 3 aromatic rings. The van der Waals surface area contributed by atoms with Crippen LogP contribution < -0.4 is 10.1 Å². The molecular weight excluding hydrogens is 326 g/mol. The van der Waals surface area contributed by atoms with Gasteiger partial charge in [0.15, 0.2) is 5.82 Å². The summed E-state index contributed by atoms with van der Waals surface area (Å²) in [5.41, 5.74) is 5.09. The van der Waals surface area contributed by atoms with Crippen molar-refractivity contribution in [2.75, 3.05) is 12.4 Å². The maximum atomic E-state index is 12.4. The molecule has 0 atom stereocenters. The number of nitrogens with one attached hydrogen (secondary N) is 2. The third-order valence-corrected chi connectivity index (χ3v) is 4.36. The molecule has 1 amide bonds.